The van der Waals surface area contributed by atoms with Gasteiger partial charge in [0.15, 0.2) is 0 Å². The summed E-state index contributed by atoms with van der Waals surface area (Å²) in [7, 11) is 3.51. The average Bonchev–Trinajstić information content (AvgIpc) is 3.21. The molecule has 0 radical (unpaired) electrons. The van der Waals surface area contributed by atoms with Crippen LogP contribution in [0.3, 0.4) is 0 Å². The normalized spacial score (nSPS) is 14.9. The molecular weight excluding hydrogens is 352 g/mol. The SMILES string of the molecule is CN(CC(=O)N(C)C1CCCCC1)C(=O)/C=C/c1cnn(-c2ccccc2)c1. The summed E-state index contributed by atoms with van der Waals surface area (Å²) in [6.45, 7) is 0.0967. The summed E-state index contributed by atoms with van der Waals surface area (Å²) < 4.78 is 1.76. The zero-order valence-corrected chi connectivity index (χ0v) is 16.6. The first-order chi connectivity index (χ1) is 13.5. The summed E-state index contributed by atoms with van der Waals surface area (Å²) in [6, 6.07) is 10.1. The molecule has 1 aromatic heterocycles. The Labute approximate surface area is 166 Å². The quantitative estimate of drug-likeness (QED) is 0.724. The first kappa shape index (κ1) is 19.9. The highest BCUT2D eigenvalue weighted by Gasteiger charge is 2.23. The molecular formula is C22H28N4O2. The number of para-hydroxylation sites is 1. The molecule has 0 bridgehead atoms. The number of rotatable bonds is 6. The highest BCUT2D eigenvalue weighted by molar-refractivity contribution is 5.94. The largest absolute Gasteiger partial charge is 0.341 e. The number of likely N-dealkylation sites (N-methyl/N-ethyl adjacent to an activating group) is 2. The number of hydrogen-bond acceptors (Lipinski definition) is 3. The van der Waals surface area contributed by atoms with Gasteiger partial charge in [-0.05, 0) is 31.1 Å². The second kappa shape index (κ2) is 9.35. The highest BCUT2D eigenvalue weighted by atomic mass is 16.2. The zero-order valence-electron chi connectivity index (χ0n) is 16.6. The van der Waals surface area contributed by atoms with Crippen molar-refractivity contribution in [1.29, 1.82) is 0 Å². The van der Waals surface area contributed by atoms with E-state index in [0.717, 1.165) is 24.1 Å². The van der Waals surface area contributed by atoms with E-state index < -0.39 is 0 Å². The van der Waals surface area contributed by atoms with Crippen molar-refractivity contribution in [3.8, 4) is 5.69 Å². The summed E-state index contributed by atoms with van der Waals surface area (Å²) in [5.41, 5.74) is 1.79. The molecule has 1 fully saturated rings. The molecule has 3 rings (SSSR count). The van der Waals surface area contributed by atoms with E-state index in [1.54, 1.807) is 24.0 Å². The fourth-order valence-electron chi connectivity index (χ4n) is 3.50. The Morgan fingerprint density at radius 2 is 1.86 bits per heavy atom. The van der Waals surface area contributed by atoms with Crippen LogP contribution in [-0.2, 0) is 9.59 Å². The minimum Gasteiger partial charge on any atom is -0.341 e. The molecule has 2 amide bonds. The van der Waals surface area contributed by atoms with E-state index in [-0.39, 0.29) is 18.4 Å². The van der Waals surface area contributed by atoms with E-state index in [4.69, 9.17) is 0 Å². The van der Waals surface area contributed by atoms with Crippen molar-refractivity contribution < 1.29 is 9.59 Å². The van der Waals surface area contributed by atoms with E-state index in [9.17, 15) is 9.59 Å². The lowest BCUT2D eigenvalue weighted by Crippen LogP contribution is -2.44. The van der Waals surface area contributed by atoms with Crippen LogP contribution in [0, 0.1) is 0 Å². The van der Waals surface area contributed by atoms with Crippen LogP contribution in [-0.4, -0.2) is 58.1 Å². The van der Waals surface area contributed by atoms with Crippen molar-refractivity contribution in [1.82, 2.24) is 19.6 Å². The molecule has 1 aliphatic carbocycles. The topological polar surface area (TPSA) is 58.4 Å². The van der Waals surface area contributed by atoms with Gasteiger partial charge in [-0.15, -0.1) is 0 Å². The number of carbonyl (C=O) groups excluding carboxylic acids is 2. The average molecular weight is 380 g/mol. The summed E-state index contributed by atoms with van der Waals surface area (Å²) in [5.74, 6) is -0.203. The summed E-state index contributed by atoms with van der Waals surface area (Å²) in [5, 5.41) is 4.31. The summed E-state index contributed by atoms with van der Waals surface area (Å²) in [6.07, 6.45) is 12.5. The number of aromatic nitrogens is 2. The molecule has 1 aliphatic rings. The van der Waals surface area contributed by atoms with Gasteiger partial charge in [0.1, 0.15) is 0 Å². The van der Waals surface area contributed by atoms with Gasteiger partial charge in [0.2, 0.25) is 11.8 Å². The van der Waals surface area contributed by atoms with Crippen LogP contribution in [0.1, 0.15) is 37.7 Å². The Bertz CT molecular complexity index is 822. The Hall–Kier alpha value is -2.89. The first-order valence-corrected chi connectivity index (χ1v) is 9.83. The van der Waals surface area contributed by atoms with Crippen LogP contribution in [0.25, 0.3) is 11.8 Å². The first-order valence-electron chi connectivity index (χ1n) is 9.83. The van der Waals surface area contributed by atoms with E-state index in [2.05, 4.69) is 5.10 Å². The van der Waals surface area contributed by atoms with Gasteiger partial charge in [-0.1, -0.05) is 37.5 Å². The predicted octanol–water partition coefficient (Wildman–Crippen LogP) is 3.14. The number of hydrogen-bond donors (Lipinski definition) is 0. The van der Waals surface area contributed by atoms with Crippen LogP contribution in [0.15, 0.2) is 48.8 Å². The van der Waals surface area contributed by atoms with Crippen molar-refractivity contribution >= 4 is 17.9 Å². The smallest absolute Gasteiger partial charge is 0.246 e. The molecule has 0 N–H and O–H groups in total. The van der Waals surface area contributed by atoms with E-state index in [0.29, 0.717) is 6.04 Å². The van der Waals surface area contributed by atoms with Crippen molar-refractivity contribution in [2.24, 2.45) is 0 Å². The predicted molar refractivity (Wildman–Crippen MR) is 110 cm³/mol. The Morgan fingerprint density at radius 1 is 1.14 bits per heavy atom. The lowest BCUT2D eigenvalue weighted by Gasteiger charge is -2.32. The van der Waals surface area contributed by atoms with Crippen molar-refractivity contribution in [3.05, 3.63) is 54.4 Å². The lowest BCUT2D eigenvalue weighted by atomic mass is 9.94. The van der Waals surface area contributed by atoms with Crippen LogP contribution in [0.2, 0.25) is 0 Å². The molecule has 0 atom stereocenters. The third-order valence-electron chi connectivity index (χ3n) is 5.31. The monoisotopic (exact) mass is 380 g/mol. The van der Waals surface area contributed by atoms with Crippen LogP contribution in [0.4, 0.5) is 0 Å². The molecule has 0 aliphatic heterocycles. The van der Waals surface area contributed by atoms with E-state index in [1.165, 1.54) is 30.2 Å². The molecule has 2 aromatic rings. The second-order valence-corrected chi connectivity index (χ2v) is 7.38. The Balaban J connectivity index is 1.53. The maximum Gasteiger partial charge on any atom is 0.246 e. The summed E-state index contributed by atoms with van der Waals surface area (Å²) in [4.78, 5) is 28.1. The van der Waals surface area contributed by atoms with Gasteiger partial charge in [-0.3, -0.25) is 9.59 Å². The fourth-order valence-corrected chi connectivity index (χ4v) is 3.50. The van der Waals surface area contributed by atoms with Gasteiger partial charge in [-0.2, -0.15) is 5.10 Å². The minimum absolute atomic E-state index is 0.00644. The van der Waals surface area contributed by atoms with Gasteiger partial charge in [0.05, 0.1) is 18.4 Å². The molecule has 28 heavy (non-hydrogen) atoms. The molecule has 1 saturated carbocycles. The highest BCUT2D eigenvalue weighted by Crippen LogP contribution is 2.21. The van der Waals surface area contributed by atoms with Crippen molar-refractivity contribution in [3.63, 3.8) is 0 Å². The van der Waals surface area contributed by atoms with Gasteiger partial charge >= 0.3 is 0 Å². The molecule has 1 aromatic carbocycles. The maximum absolute atomic E-state index is 12.5. The standard InChI is InChI=1S/C22H28N4O2/c1-24(17-22(28)25(2)19-9-5-3-6-10-19)21(27)14-13-18-15-23-26(16-18)20-11-7-4-8-12-20/h4,7-8,11-16,19H,3,5-6,9-10,17H2,1-2H3/b14-13+. The van der Waals surface area contributed by atoms with Crippen molar-refractivity contribution in [2.45, 2.75) is 38.1 Å². The van der Waals surface area contributed by atoms with Gasteiger partial charge in [-0.25, -0.2) is 4.68 Å². The third kappa shape index (κ3) is 5.09. The Morgan fingerprint density at radius 3 is 2.57 bits per heavy atom. The second-order valence-electron chi connectivity index (χ2n) is 7.38. The van der Waals surface area contributed by atoms with Crippen LogP contribution < -0.4 is 0 Å². The molecule has 148 valence electrons. The number of benzene rings is 1. The van der Waals surface area contributed by atoms with Gasteiger partial charge in [0, 0.05) is 38.0 Å². The zero-order chi connectivity index (χ0) is 19.9. The summed E-state index contributed by atoms with van der Waals surface area (Å²) >= 11 is 0. The Kier molecular flexibility index (Phi) is 6.63. The molecule has 0 spiro atoms. The molecule has 6 nitrogen and oxygen atoms in total. The molecule has 0 unspecified atom stereocenters. The molecule has 1 heterocycles. The van der Waals surface area contributed by atoms with Crippen LogP contribution >= 0.6 is 0 Å². The van der Waals surface area contributed by atoms with Crippen LogP contribution in [0.5, 0.6) is 0 Å². The number of carbonyl (C=O) groups is 2. The van der Waals surface area contributed by atoms with E-state index in [1.807, 2.05) is 48.5 Å². The number of amides is 2. The number of nitrogens with zero attached hydrogens (tertiary/aromatic N) is 4. The third-order valence-corrected chi connectivity index (χ3v) is 5.31. The minimum atomic E-state index is -0.196. The van der Waals surface area contributed by atoms with Crippen molar-refractivity contribution in [2.75, 3.05) is 20.6 Å². The van der Waals surface area contributed by atoms with Gasteiger partial charge < -0.3 is 9.80 Å². The lowest BCUT2D eigenvalue weighted by molar-refractivity contribution is -0.138. The van der Waals surface area contributed by atoms with E-state index >= 15 is 0 Å². The molecule has 0 saturated heterocycles. The van der Waals surface area contributed by atoms with Gasteiger partial charge in [0.25, 0.3) is 0 Å². The fraction of sp³-hybridized carbons (Fsp3) is 0.409. The molecule has 6 heteroatoms. The maximum atomic E-state index is 12.5.